The number of carbonyl (C=O) groups is 2. The molecule has 0 bridgehead atoms. The SMILES string of the molecule is Cc1[nH]c2ccccc2c1C(=O)C(=O)Nc1sc(C)c(C)c1C#N. The maximum atomic E-state index is 12.6. The van der Waals surface area contributed by atoms with Crippen molar-refractivity contribution in [3.05, 3.63) is 51.5 Å². The number of amides is 1. The van der Waals surface area contributed by atoms with Gasteiger partial charge in [0.15, 0.2) is 0 Å². The quantitative estimate of drug-likeness (QED) is 0.562. The molecule has 0 atom stereocenters. The van der Waals surface area contributed by atoms with E-state index in [2.05, 4.69) is 16.4 Å². The fourth-order valence-electron chi connectivity index (χ4n) is 2.69. The zero-order chi connectivity index (χ0) is 17.4. The Morgan fingerprint density at radius 2 is 1.92 bits per heavy atom. The first-order valence-corrected chi connectivity index (χ1v) is 8.18. The predicted molar refractivity (Wildman–Crippen MR) is 94.5 cm³/mol. The number of Topliss-reactive ketones (excluding diaryl/α,β-unsaturated/α-hetero) is 1. The molecule has 6 heteroatoms. The molecule has 0 aliphatic heterocycles. The number of H-pyrrole nitrogens is 1. The van der Waals surface area contributed by atoms with E-state index in [0.717, 1.165) is 16.0 Å². The minimum absolute atomic E-state index is 0.367. The molecule has 0 saturated heterocycles. The topological polar surface area (TPSA) is 85.8 Å². The maximum Gasteiger partial charge on any atom is 0.297 e. The zero-order valence-corrected chi connectivity index (χ0v) is 14.3. The number of aromatic amines is 1. The third-order valence-corrected chi connectivity index (χ3v) is 5.17. The van der Waals surface area contributed by atoms with Crippen LogP contribution in [0.15, 0.2) is 24.3 Å². The smallest absolute Gasteiger partial charge is 0.297 e. The first-order valence-electron chi connectivity index (χ1n) is 7.37. The van der Waals surface area contributed by atoms with Crippen LogP contribution in [0.5, 0.6) is 0 Å². The van der Waals surface area contributed by atoms with Gasteiger partial charge in [-0.3, -0.25) is 9.59 Å². The van der Waals surface area contributed by atoms with E-state index < -0.39 is 11.7 Å². The molecule has 0 aliphatic rings. The number of rotatable bonds is 3. The van der Waals surface area contributed by atoms with Crippen LogP contribution in [-0.4, -0.2) is 16.7 Å². The van der Waals surface area contributed by atoms with Crippen molar-refractivity contribution in [3.8, 4) is 6.07 Å². The van der Waals surface area contributed by atoms with Crippen molar-refractivity contribution in [2.45, 2.75) is 20.8 Å². The predicted octanol–water partition coefficient (Wildman–Crippen LogP) is 3.85. The molecular weight excluding hydrogens is 322 g/mol. The van der Waals surface area contributed by atoms with Crippen molar-refractivity contribution >= 4 is 38.9 Å². The molecule has 2 aromatic heterocycles. The fraction of sp³-hybridized carbons (Fsp3) is 0.167. The third-order valence-electron chi connectivity index (χ3n) is 4.05. The molecule has 2 heterocycles. The molecule has 0 saturated carbocycles. The lowest BCUT2D eigenvalue weighted by molar-refractivity contribution is -0.112. The molecule has 0 spiro atoms. The molecule has 0 radical (unpaired) electrons. The monoisotopic (exact) mass is 337 g/mol. The van der Waals surface area contributed by atoms with Crippen LogP contribution in [-0.2, 0) is 4.79 Å². The van der Waals surface area contributed by atoms with Gasteiger partial charge >= 0.3 is 0 Å². The molecule has 120 valence electrons. The van der Waals surface area contributed by atoms with E-state index in [9.17, 15) is 14.9 Å². The number of ketones is 1. The second kappa shape index (κ2) is 5.95. The highest BCUT2D eigenvalue weighted by Crippen LogP contribution is 2.32. The van der Waals surface area contributed by atoms with E-state index in [0.29, 0.717) is 27.2 Å². The summed E-state index contributed by atoms with van der Waals surface area (Å²) in [6, 6.07) is 9.43. The average molecular weight is 337 g/mol. The summed E-state index contributed by atoms with van der Waals surface area (Å²) in [4.78, 5) is 29.1. The molecule has 0 fully saturated rings. The van der Waals surface area contributed by atoms with E-state index in [-0.39, 0.29) is 0 Å². The van der Waals surface area contributed by atoms with Crippen molar-refractivity contribution in [2.24, 2.45) is 0 Å². The molecule has 2 N–H and O–H groups in total. The fourth-order valence-corrected chi connectivity index (χ4v) is 3.70. The number of nitrogens with one attached hydrogen (secondary N) is 2. The van der Waals surface area contributed by atoms with E-state index in [1.807, 2.05) is 32.0 Å². The van der Waals surface area contributed by atoms with Crippen molar-refractivity contribution < 1.29 is 9.59 Å². The van der Waals surface area contributed by atoms with Gasteiger partial charge in [-0.2, -0.15) is 5.26 Å². The summed E-state index contributed by atoms with van der Waals surface area (Å²) >= 11 is 1.30. The minimum atomic E-state index is -0.736. The molecule has 1 amide bonds. The van der Waals surface area contributed by atoms with Gasteiger partial charge in [0.25, 0.3) is 11.7 Å². The Bertz CT molecular complexity index is 1020. The van der Waals surface area contributed by atoms with Gasteiger partial charge in [0, 0.05) is 21.5 Å². The number of hydrogen-bond acceptors (Lipinski definition) is 4. The third kappa shape index (κ3) is 2.49. The van der Waals surface area contributed by atoms with Crippen LogP contribution in [0.2, 0.25) is 0 Å². The zero-order valence-electron chi connectivity index (χ0n) is 13.5. The second-order valence-electron chi connectivity index (χ2n) is 5.55. The highest BCUT2D eigenvalue weighted by atomic mass is 32.1. The van der Waals surface area contributed by atoms with Crippen LogP contribution >= 0.6 is 11.3 Å². The van der Waals surface area contributed by atoms with E-state index in [4.69, 9.17) is 0 Å². The van der Waals surface area contributed by atoms with Gasteiger partial charge in [-0.25, -0.2) is 0 Å². The molecular formula is C18H15N3O2S. The van der Waals surface area contributed by atoms with Gasteiger partial charge in [0.1, 0.15) is 11.1 Å². The van der Waals surface area contributed by atoms with Gasteiger partial charge in [-0.15, -0.1) is 11.3 Å². The lowest BCUT2D eigenvalue weighted by Gasteiger charge is -2.03. The summed E-state index contributed by atoms with van der Waals surface area (Å²) in [5.74, 6) is -1.35. The van der Waals surface area contributed by atoms with Crippen molar-refractivity contribution in [2.75, 3.05) is 5.32 Å². The average Bonchev–Trinajstić information content (AvgIpc) is 3.02. The van der Waals surface area contributed by atoms with Crippen molar-refractivity contribution in [3.63, 3.8) is 0 Å². The number of aryl methyl sites for hydroxylation is 2. The van der Waals surface area contributed by atoms with E-state index in [1.165, 1.54) is 11.3 Å². The Morgan fingerprint density at radius 3 is 2.62 bits per heavy atom. The van der Waals surface area contributed by atoms with Gasteiger partial charge in [-0.05, 0) is 32.4 Å². The standard InChI is InChI=1S/C18H15N3O2S/c1-9-11(3)24-18(13(9)8-19)21-17(23)16(22)15-10(2)20-14-7-5-4-6-12(14)15/h4-7,20H,1-3H3,(H,21,23). The maximum absolute atomic E-state index is 12.6. The van der Waals surface area contributed by atoms with Crippen molar-refractivity contribution in [1.82, 2.24) is 4.98 Å². The Balaban J connectivity index is 1.96. The van der Waals surface area contributed by atoms with Crippen LogP contribution in [0.25, 0.3) is 10.9 Å². The van der Waals surface area contributed by atoms with Crippen LogP contribution in [0.4, 0.5) is 5.00 Å². The number of aromatic nitrogens is 1. The number of nitrogens with zero attached hydrogens (tertiary/aromatic N) is 1. The highest BCUT2D eigenvalue weighted by Gasteiger charge is 2.24. The Labute approximate surface area is 142 Å². The number of benzene rings is 1. The van der Waals surface area contributed by atoms with Crippen LogP contribution in [0, 0.1) is 32.1 Å². The summed E-state index contributed by atoms with van der Waals surface area (Å²) in [6.07, 6.45) is 0. The van der Waals surface area contributed by atoms with Gasteiger partial charge in [0.2, 0.25) is 0 Å². The minimum Gasteiger partial charge on any atom is -0.358 e. The van der Waals surface area contributed by atoms with Gasteiger partial charge in [-0.1, -0.05) is 18.2 Å². The summed E-state index contributed by atoms with van der Waals surface area (Å²) in [5.41, 5.74) is 3.07. The second-order valence-corrected chi connectivity index (χ2v) is 6.78. The highest BCUT2D eigenvalue weighted by molar-refractivity contribution is 7.16. The summed E-state index contributed by atoms with van der Waals surface area (Å²) in [6.45, 7) is 5.47. The normalized spacial score (nSPS) is 10.6. The largest absolute Gasteiger partial charge is 0.358 e. The Morgan fingerprint density at radius 1 is 1.21 bits per heavy atom. The summed E-state index contributed by atoms with van der Waals surface area (Å²) in [7, 11) is 0. The molecule has 1 aromatic carbocycles. The van der Waals surface area contributed by atoms with Gasteiger partial charge < -0.3 is 10.3 Å². The molecule has 3 rings (SSSR count). The van der Waals surface area contributed by atoms with Crippen LogP contribution < -0.4 is 5.32 Å². The number of thiophene rings is 1. The number of carbonyl (C=O) groups excluding carboxylic acids is 2. The molecule has 3 aromatic rings. The van der Waals surface area contributed by atoms with Crippen LogP contribution in [0.1, 0.15) is 32.1 Å². The number of para-hydroxylation sites is 1. The number of nitriles is 1. The lowest BCUT2D eigenvalue weighted by Crippen LogP contribution is -2.23. The molecule has 0 unspecified atom stereocenters. The number of fused-ring (bicyclic) bond motifs is 1. The van der Waals surface area contributed by atoms with E-state index in [1.54, 1.807) is 13.0 Å². The summed E-state index contributed by atoms with van der Waals surface area (Å²) < 4.78 is 0. The van der Waals surface area contributed by atoms with E-state index >= 15 is 0 Å². The number of anilines is 1. The first-order chi connectivity index (χ1) is 11.4. The lowest BCUT2D eigenvalue weighted by atomic mass is 10.1. The van der Waals surface area contributed by atoms with Gasteiger partial charge in [0.05, 0.1) is 11.1 Å². The van der Waals surface area contributed by atoms with Crippen LogP contribution in [0.3, 0.4) is 0 Å². The van der Waals surface area contributed by atoms with Crippen molar-refractivity contribution in [1.29, 1.82) is 5.26 Å². The Kier molecular flexibility index (Phi) is 3.96. The number of hydrogen-bond donors (Lipinski definition) is 2. The molecule has 24 heavy (non-hydrogen) atoms. The first kappa shape index (κ1) is 16.0. The molecule has 5 nitrogen and oxygen atoms in total. The Hall–Kier alpha value is -2.91. The molecule has 0 aliphatic carbocycles. The summed E-state index contributed by atoms with van der Waals surface area (Å²) in [5, 5.41) is 13.0.